The summed E-state index contributed by atoms with van der Waals surface area (Å²) < 4.78 is 32.6. The molecule has 4 rings (SSSR count). The van der Waals surface area contributed by atoms with Crippen molar-refractivity contribution in [1.82, 2.24) is 24.8 Å². The van der Waals surface area contributed by atoms with Gasteiger partial charge in [-0.15, -0.1) is 0 Å². The van der Waals surface area contributed by atoms with Gasteiger partial charge in [0, 0.05) is 18.2 Å². The Kier molecular flexibility index (Phi) is 12.8. The SMILES string of the molecule is O=C(CCCCCCS(=O)(=O)c1ccc(Nc2nc(NC3CCCCC3)c3ncn(PI)c3n2)cc1)NOPI. The summed E-state index contributed by atoms with van der Waals surface area (Å²) in [5.74, 6) is 1.08. The maximum atomic E-state index is 12.8. The predicted octanol–water partition coefficient (Wildman–Crippen LogP) is 6.82. The van der Waals surface area contributed by atoms with Gasteiger partial charge in [-0.3, -0.25) is 9.13 Å². The van der Waals surface area contributed by atoms with E-state index in [0.717, 1.165) is 42.7 Å². The van der Waals surface area contributed by atoms with E-state index in [1.54, 1.807) is 30.6 Å². The number of hydroxylamine groups is 1. The molecule has 2 aromatic heterocycles. The Balaban J connectivity index is 1.35. The zero-order chi connectivity index (χ0) is 28.4. The minimum Gasteiger partial charge on any atom is -0.365 e. The molecule has 3 N–H and O–H groups in total. The first-order chi connectivity index (χ1) is 19.4. The lowest BCUT2D eigenvalue weighted by molar-refractivity contribution is -0.127. The van der Waals surface area contributed by atoms with Gasteiger partial charge in [-0.2, -0.15) is 9.97 Å². The smallest absolute Gasteiger partial charge is 0.243 e. The van der Waals surface area contributed by atoms with Gasteiger partial charge in [0.05, 0.1) is 17.0 Å². The van der Waals surface area contributed by atoms with Gasteiger partial charge in [0.1, 0.15) is 12.8 Å². The van der Waals surface area contributed by atoms with E-state index in [-0.39, 0.29) is 23.0 Å². The van der Waals surface area contributed by atoms with Crippen molar-refractivity contribution in [3.05, 3.63) is 30.6 Å². The molecule has 3 aromatic rings. The molecule has 1 aliphatic carbocycles. The van der Waals surface area contributed by atoms with Gasteiger partial charge in [-0.25, -0.2) is 23.5 Å². The van der Waals surface area contributed by atoms with Gasteiger partial charge in [0.15, 0.2) is 26.8 Å². The van der Waals surface area contributed by atoms with Crippen LogP contribution in [0.15, 0.2) is 35.5 Å². The van der Waals surface area contributed by atoms with Crippen molar-refractivity contribution < 1.29 is 17.8 Å². The van der Waals surface area contributed by atoms with Crippen LogP contribution in [0, 0.1) is 0 Å². The van der Waals surface area contributed by atoms with Crippen LogP contribution in [0.2, 0.25) is 0 Å². The topological polar surface area (TPSA) is 140 Å². The number of carbonyl (C=O) groups is 1. The summed E-state index contributed by atoms with van der Waals surface area (Å²) in [4.78, 5) is 25.8. The van der Waals surface area contributed by atoms with Gasteiger partial charge >= 0.3 is 0 Å². The number of nitrogens with zero attached hydrogens (tertiary/aromatic N) is 4. The lowest BCUT2D eigenvalue weighted by Crippen LogP contribution is -2.23. The molecule has 1 amide bonds. The quantitative estimate of drug-likeness (QED) is 0.0652. The number of benzene rings is 1. The molecule has 11 nitrogen and oxygen atoms in total. The summed E-state index contributed by atoms with van der Waals surface area (Å²) in [6, 6.07) is 7.08. The van der Waals surface area contributed by atoms with Crippen molar-refractivity contribution in [2.45, 2.75) is 75.1 Å². The van der Waals surface area contributed by atoms with Crippen molar-refractivity contribution in [2.75, 3.05) is 16.4 Å². The fourth-order valence-electron chi connectivity index (χ4n) is 4.61. The molecular weight excluding hydrogens is 798 g/mol. The molecule has 0 spiro atoms. The largest absolute Gasteiger partial charge is 0.365 e. The van der Waals surface area contributed by atoms with E-state index in [2.05, 4.69) is 43.1 Å². The van der Waals surface area contributed by atoms with Crippen molar-refractivity contribution in [3.8, 4) is 0 Å². The van der Waals surface area contributed by atoms with Gasteiger partial charge in [0.2, 0.25) is 11.9 Å². The van der Waals surface area contributed by atoms with Crippen molar-refractivity contribution in [1.29, 1.82) is 0 Å². The minimum atomic E-state index is -3.40. The number of sulfone groups is 1. The Labute approximate surface area is 264 Å². The number of imidazole rings is 1. The highest BCUT2D eigenvalue weighted by molar-refractivity contribution is 14.2. The Morgan fingerprint density at radius 3 is 2.52 bits per heavy atom. The van der Waals surface area contributed by atoms with E-state index in [9.17, 15) is 13.2 Å². The molecule has 1 saturated carbocycles. The second kappa shape index (κ2) is 16.1. The van der Waals surface area contributed by atoms with E-state index in [0.29, 0.717) is 43.3 Å². The van der Waals surface area contributed by atoms with Crippen LogP contribution in [0.25, 0.3) is 11.2 Å². The number of carbonyl (C=O) groups excluding carboxylic acids is 1. The molecular formula is C24H33I2N7O4P2S. The Bertz CT molecular complexity index is 1370. The second-order valence-electron chi connectivity index (χ2n) is 9.58. The lowest BCUT2D eigenvalue weighted by Gasteiger charge is -2.23. The average Bonchev–Trinajstić information content (AvgIpc) is 3.38. The molecule has 0 bridgehead atoms. The first-order valence-electron chi connectivity index (χ1n) is 13.2. The molecule has 218 valence electrons. The van der Waals surface area contributed by atoms with E-state index in [1.807, 2.05) is 26.4 Å². The Morgan fingerprint density at radius 2 is 1.80 bits per heavy atom. The number of fused-ring (bicyclic) bond motifs is 1. The fraction of sp³-hybridized carbons (Fsp3) is 0.500. The number of unbranched alkanes of at least 4 members (excludes halogenated alkanes) is 3. The number of halogens is 2. The highest BCUT2D eigenvalue weighted by Crippen LogP contribution is 2.32. The number of hydrogen-bond donors (Lipinski definition) is 3. The standard InChI is InChI=1S/C24H33I2N7O4P2S/c25-38-33-16-27-21-22(28-17-8-4-3-5-9-17)30-24(31-23(21)33)29-18-11-13-19(14-12-18)40(35,36)15-7-2-1-6-10-20(34)32-37-39-26/h11-14,16-17,38-39H,1-10,15H2,(H,32,34)(H2,28,29,30,31). The molecule has 2 heterocycles. The van der Waals surface area contributed by atoms with Crippen LogP contribution in [-0.2, 0) is 19.3 Å². The fourth-order valence-corrected chi connectivity index (χ4v) is 7.86. The highest BCUT2D eigenvalue weighted by Gasteiger charge is 2.19. The maximum Gasteiger partial charge on any atom is 0.243 e. The molecule has 0 aliphatic heterocycles. The van der Waals surface area contributed by atoms with Gasteiger partial charge in [-0.05, 0) is 94.0 Å². The number of anilines is 3. The number of nitrogens with one attached hydrogen (secondary N) is 3. The van der Waals surface area contributed by atoms with Crippen molar-refractivity contribution in [2.24, 2.45) is 0 Å². The van der Waals surface area contributed by atoms with Crippen molar-refractivity contribution >= 4 is 101 Å². The number of hydrogen-bond acceptors (Lipinski definition) is 9. The Hall–Kier alpha value is -0.930. The number of rotatable bonds is 15. The third kappa shape index (κ3) is 9.29. The number of aromatic nitrogens is 4. The Morgan fingerprint density at radius 1 is 1.05 bits per heavy atom. The van der Waals surface area contributed by atoms with E-state index >= 15 is 0 Å². The van der Waals surface area contributed by atoms with Crippen LogP contribution in [0.5, 0.6) is 0 Å². The van der Waals surface area contributed by atoms with Crippen LogP contribution in [0.3, 0.4) is 0 Å². The van der Waals surface area contributed by atoms with Gasteiger partial charge in [-0.1, -0.05) is 32.1 Å². The van der Waals surface area contributed by atoms with Crippen LogP contribution >= 0.6 is 56.9 Å². The molecule has 1 aliphatic rings. The van der Waals surface area contributed by atoms with Crippen LogP contribution in [-0.4, -0.2) is 45.4 Å². The monoisotopic (exact) mass is 831 g/mol. The minimum absolute atomic E-state index is 0.0715. The first kappa shape index (κ1) is 32.0. The van der Waals surface area contributed by atoms with E-state index in [4.69, 9.17) is 14.6 Å². The van der Waals surface area contributed by atoms with Crippen LogP contribution in [0.1, 0.15) is 64.2 Å². The molecule has 1 aromatic carbocycles. The zero-order valence-electron chi connectivity index (χ0n) is 21.8. The normalized spacial score (nSPS) is 14.9. The third-order valence-electron chi connectivity index (χ3n) is 6.67. The molecule has 1 fully saturated rings. The summed E-state index contributed by atoms with van der Waals surface area (Å²) in [5.41, 5.74) is 4.59. The number of amides is 1. The van der Waals surface area contributed by atoms with Crippen LogP contribution < -0.4 is 16.1 Å². The van der Waals surface area contributed by atoms with Crippen molar-refractivity contribution in [3.63, 3.8) is 0 Å². The molecule has 16 heteroatoms. The summed E-state index contributed by atoms with van der Waals surface area (Å²) in [6.07, 6.45) is 11.3. The van der Waals surface area contributed by atoms with Gasteiger partial charge in [0.25, 0.3) is 0 Å². The molecule has 2 unspecified atom stereocenters. The zero-order valence-corrected chi connectivity index (χ0v) is 29.0. The van der Waals surface area contributed by atoms with Crippen LogP contribution in [0.4, 0.5) is 17.5 Å². The van der Waals surface area contributed by atoms with Gasteiger partial charge < -0.3 is 10.6 Å². The highest BCUT2D eigenvalue weighted by atomic mass is 127. The molecule has 0 saturated heterocycles. The second-order valence-corrected chi connectivity index (χ2v) is 15.5. The molecule has 0 radical (unpaired) electrons. The molecule has 40 heavy (non-hydrogen) atoms. The summed E-state index contributed by atoms with van der Waals surface area (Å²) >= 11 is 4.34. The predicted molar refractivity (Wildman–Crippen MR) is 180 cm³/mol. The van der Waals surface area contributed by atoms with E-state index < -0.39 is 9.84 Å². The third-order valence-corrected chi connectivity index (χ3v) is 11.4. The van der Waals surface area contributed by atoms with E-state index in [1.165, 1.54) is 19.3 Å². The average molecular weight is 831 g/mol. The summed E-state index contributed by atoms with van der Waals surface area (Å²) in [5, 5.41) is 6.83. The maximum absolute atomic E-state index is 12.8. The lowest BCUT2D eigenvalue weighted by atomic mass is 9.95. The molecule has 2 atom stereocenters. The first-order valence-corrected chi connectivity index (χ1v) is 22.9. The summed E-state index contributed by atoms with van der Waals surface area (Å²) in [7, 11) is -3.40. The summed E-state index contributed by atoms with van der Waals surface area (Å²) in [6.45, 7) is 0.179.